The maximum Gasteiger partial charge on any atom is 0.451 e. The van der Waals surface area contributed by atoms with Crippen molar-refractivity contribution in [2.75, 3.05) is 0 Å². The Morgan fingerprint density at radius 3 is 2.96 bits per heavy atom. The fraction of sp³-hybridized carbons (Fsp3) is 0.143. The average molecular weight is 334 g/mol. The summed E-state index contributed by atoms with van der Waals surface area (Å²) in [5.41, 5.74) is 2.59. The summed E-state index contributed by atoms with van der Waals surface area (Å²) in [5, 5.41) is 7.81. The summed E-state index contributed by atoms with van der Waals surface area (Å²) in [5.74, 6) is -1.13. The van der Waals surface area contributed by atoms with Crippen LogP contribution in [0.3, 0.4) is 0 Å². The number of rotatable bonds is 3. The third-order valence-electron chi connectivity index (χ3n) is 3.44. The molecule has 4 aromatic heterocycles. The SMILES string of the molecule is FC(F)(F)c1ocnc1Cn1cc(-c2cnc3cc[nH]c3c2)nn1. The number of alkyl halides is 3. The first-order valence-electron chi connectivity index (χ1n) is 6.84. The molecule has 0 aliphatic carbocycles. The van der Waals surface area contributed by atoms with Crippen LogP contribution in [0.4, 0.5) is 13.2 Å². The summed E-state index contributed by atoms with van der Waals surface area (Å²) >= 11 is 0. The molecular weight excluding hydrogens is 325 g/mol. The van der Waals surface area contributed by atoms with Crippen molar-refractivity contribution < 1.29 is 17.6 Å². The van der Waals surface area contributed by atoms with Gasteiger partial charge in [-0.2, -0.15) is 13.2 Å². The smallest absolute Gasteiger partial charge is 0.439 e. The molecule has 122 valence electrons. The molecule has 4 aromatic rings. The number of hydrogen-bond acceptors (Lipinski definition) is 5. The monoisotopic (exact) mass is 334 g/mol. The van der Waals surface area contributed by atoms with Crippen LogP contribution in [0.1, 0.15) is 11.5 Å². The summed E-state index contributed by atoms with van der Waals surface area (Å²) < 4.78 is 44.0. The molecule has 0 aromatic carbocycles. The van der Waals surface area contributed by atoms with Gasteiger partial charge in [0.15, 0.2) is 6.39 Å². The molecule has 0 unspecified atom stereocenters. The van der Waals surface area contributed by atoms with Crippen LogP contribution in [0, 0.1) is 0 Å². The van der Waals surface area contributed by atoms with Gasteiger partial charge < -0.3 is 9.40 Å². The lowest BCUT2D eigenvalue weighted by Gasteiger charge is -2.04. The molecule has 0 radical (unpaired) electrons. The highest BCUT2D eigenvalue weighted by molar-refractivity contribution is 5.79. The molecule has 0 spiro atoms. The fourth-order valence-corrected chi connectivity index (χ4v) is 2.35. The number of oxazole rings is 1. The van der Waals surface area contributed by atoms with E-state index in [1.54, 1.807) is 12.4 Å². The topological polar surface area (TPSA) is 85.4 Å². The first-order chi connectivity index (χ1) is 11.5. The van der Waals surface area contributed by atoms with E-state index in [2.05, 4.69) is 29.7 Å². The second-order valence-corrected chi connectivity index (χ2v) is 5.06. The molecule has 0 aliphatic heterocycles. The number of halogens is 3. The number of pyridine rings is 1. The number of nitrogens with one attached hydrogen (secondary N) is 1. The van der Waals surface area contributed by atoms with Gasteiger partial charge in [0.1, 0.15) is 11.4 Å². The van der Waals surface area contributed by atoms with E-state index in [9.17, 15) is 13.2 Å². The van der Waals surface area contributed by atoms with Crippen molar-refractivity contribution in [1.82, 2.24) is 29.9 Å². The number of hydrogen-bond donors (Lipinski definition) is 1. The van der Waals surface area contributed by atoms with Crippen LogP contribution in [0.25, 0.3) is 22.3 Å². The van der Waals surface area contributed by atoms with Gasteiger partial charge in [-0.25, -0.2) is 9.67 Å². The van der Waals surface area contributed by atoms with E-state index < -0.39 is 11.9 Å². The van der Waals surface area contributed by atoms with Gasteiger partial charge in [0.05, 0.1) is 23.8 Å². The number of aromatic amines is 1. The molecular formula is C14H9F3N6O. The highest BCUT2D eigenvalue weighted by atomic mass is 19.4. The summed E-state index contributed by atoms with van der Waals surface area (Å²) in [6.07, 6.45) is 1.08. The van der Waals surface area contributed by atoms with E-state index in [1.807, 2.05) is 12.1 Å². The van der Waals surface area contributed by atoms with Crippen molar-refractivity contribution >= 4 is 11.0 Å². The maximum atomic E-state index is 12.8. The average Bonchev–Trinajstić information content (AvgIpc) is 3.26. The number of fused-ring (bicyclic) bond motifs is 1. The molecule has 0 bridgehead atoms. The van der Waals surface area contributed by atoms with E-state index in [4.69, 9.17) is 0 Å². The Bertz CT molecular complexity index is 999. The Labute approximate surface area is 132 Å². The van der Waals surface area contributed by atoms with Crippen LogP contribution in [0.15, 0.2) is 41.5 Å². The minimum absolute atomic E-state index is 0.198. The maximum absolute atomic E-state index is 12.8. The Balaban J connectivity index is 1.62. The standard InChI is InChI=1S/C14H9F3N6O/c15-14(16,17)13-12(20-7-24-13)6-23-5-11(21-22-23)8-3-10-9(19-4-8)1-2-18-10/h1-5,7,18H,6H2. The molecule has 24 heavy (non-hydrogen) atoms. The lowest BCUT2D eigenvalue weighted by Crippen LogP contribution is -2.10. The number of nitrogens with zero attached hydrogens (tertiary/aromatic N) is 5. The third-order valence-corrected chi connectivity index (χ3v) is 3.44. The predicted octanol–water partition coefficient (Wildman–Crippen LogP) is 2.88. The molecule has 0 saturated carbocycles. The van der Waals surface area contributed by atoms with Crippen molar-refractivity contribution in [1.29, 1.82) is 0 Å². The molecule has 7 nitrogen and oxygen atoms in total. The number of aromatic nitrogens is 6. The quantitative estimate of drug-likeness (QED) is 0.623. The molecule has 4 heterocycles. The van der Waals surface area contributed by atoms with Gasteiger partial charge in [0.25, 0.3) is 0 Å². The zero-order valence-corrected chi connectivity index (χ0v) is 11.9. The van der Waals surface area contributed by atoms with Crippen LogP contribution < -0.4 is 0 Å². The zero-order chi connectivity index (χ0) is 16.7. The highest BCUT2D eigenvalue weighted by Gasteiger charge is 2.38. The Kier molecular flexibility index (Phi) is 3.12. The van der Waals surface area contributed by atoms with E-state index in [0.717, 1.165) is 17.4 Å². The Morgan fingerprint density at radius 1 is 1.25 bits per heavy atom. The fourth-order valence-electron chi connectivity index (χ4n) is 2.35. The van der Waals surface area contributed by atoms with E-state index >= 15 is 0 Å². The van der Waals surface area contributed by atoms with Gasteiger partial charge >= 0.3 is 6.18 Å². The van der Waals surface area contributed by atoms with Gasteiger partial charge in [-0.3, -0.25) is 4.98 Å². The van der Waals surface area contributed by atoms with Crippen molar-refractivity contribution in [2.24, 2.45) is 0 Å². The molecule has 0 fully saturated rings. The summed E-state index contributed by atoms with van der Waals surface area (Å²) in [4.78, 5) is 10.9. The number of H-pyrrole nitrogens is 1. The first-order valence-corrected chi connectivity index (χ1v) is 6.84. The lowest BCUT2D eigenvalue weighted by atomic mass is 10.2. The summed E-state index contributed by atoms with van der Waals surface area (Å²) in [6, 6.07) is 3.67. The second kappa shape index (κ2) is 5.18. The minimum atomic E-state index is -4.60. The molecule has 1 N–H and O–H groups in total. The molecule has 0 atom stereocenters. The molecule has 0 aliphatic rings. The Hall–Kier alpha value is -3.17. The second-order valence-electron chi connectivity index (χ2n) is 5.06. The zero-order valence-electron chi connectivity index (χ0n) is 11.9. The van der Waals surface area contributed by atoms with Crippen LogP contribution in [-0.4, -0.2) is 29.9 Å². The molecule has 4 rings (SSSR count). The van der Waals surface area contributed by atoms with Gasteiger partial charge in [0.2, 0.25) is 5.76 Å². The Morgan fingerprint density at radius 2 is 2.12 bits per heavy atom. The van der Waals surface area contributed by atoms with Gasteiger partial charge in [-0.15, -0.1) is 5.10 Å². The van der Waals surface area contributed by atoms with E-state index in [0.29, 0.717) is 11.3 Å². The van der Waals surface area contributed by atoms with Crippen molar-refractivity contribution in [2.45, 2.75) is 12.7 Å². The lowest BCUT2D eigenvalue weighted by molar-refractivity contribution is -0.153. The van der Waals surface area contributed by atoms with E-state index in [-0.39, 0.29) is 12.2 Å². The molecule has 0 saturated heterocycles. The van der Waals surface area contributed by atoms with Crippen molar-refractivity contribution in [3.05, 3.63) is 48.6 Å². The van der Waals surface area contributed by atoms with Crippen molar-refractivity contribution in [3.63, 3.8) is 0 Å². The van der Waals surface area contributed by atoms with Gasteiger partial charge in [-0.1, -0.05) is 5.21 Å². The van der Waals surface area contributed by atoms with Crippen molar-refractivity contribution in [3.8, 4) is 11.3 Å². The highest BCUT2D eigenvalue weighted by Crippen LogP contribution is 2.31. The largest absolute Gasteiger partial charge is 0.451 e. The minimum Gasteiger partial charge on any atom is -0.439 e. The molecule has 0 amide bonds. The first kappa shape index (κ1) is 14.4. The predicted molar refractivity (Wildman–Crippen MR) is 75.7 cm³/mol. The normalized spacial score (nSPS) is 12.1. The summed E-state index contributed by atoms with van der Waals surface area (Å²) in [7, 11) is 0. The summed E-state index contributed by atoms with van der Waals surface area (Å²) in [6.45, 7) is -0.198. The molecule has 10 heteroatoms. The van der Waals surface area contributed by atoms with Crippen LogP contribution in [0.5, 0.6) is 0 Å². The van der Waals surface area contributed by atoms with Gasteiger partial charge in [0, 0.05) is 18.0 Å². The van der Waals surface area contributed by atoms with E-state index in [1.165, 1.54) is 10.9 Å². The third kappa shape index (κ3) is 2.51. The van der Waals surface area contributed by atoms with Crippen LogP contribution in [-0.2, 0) is 12.7 Å². The van der Waals surface area contributed by atoms with Crippen LogP contribution in [0.2, 0.25) is 0 Å². The van der Waals surface area contributed by atoms with Gasteiger partial charge in [-0.05, 0) is 12.1 Å². The van der Waals surface area contributed by atoms with Crippen LogP contribution >= 0.6 is 0 Å².